The lowest BCUT2D eigenvalue weighted by molar-refractivity contribution is 0.549. The van der Waals surface area contributed by atoms with Gasteiger partial charge in [-0.1, -0.05) is 25.4 Å². The van der Waals surface area contributed by atoms with E-state index in [-0.39, 0.29) is 22.6 Å². The van der Waals surface area contributed by atoms with Gasteiger partial charge in [-0.15, -0.1) is 0 Å². The monoisotopic (exact) mass is 241 g/mol. The molecule has 1 rings (SSSR count). The zero-order chi connectivity index (χ0) is 12.3. The molecule has 1 aromatic heterocycles. The number of aromatic nitrogens is 1. The van der Waals surface area contributed by atoms with E-state index in [1.807, 2.05) is 20.8 Å². The van der Waals surface area contributed by atoms with E-state index in [0.717, 1.165) is 6.07 Å². The molecule has 1 atom stereocenters. The molecule has 0 aliphatic rings. The van der Waals surface area contributed by atoms with Crippen molar-refractivity contribution in [1.82, 2.24) is 4.98 Å². The Bertz CT molecular complexity index is 426. The number of anilines is 1. The van der Waals surface area contributed by atoms with Crippen LogP contribution in [0.3, 0.4) is 0 Å². The number of pyridine rings is 1. The molecule has 86 valence electrons. The van der Waals surface area contributed by atoms with E-state index in [4.69, 9.17) is 16.9 Å². The minimum atomic E-state index is -0.562. The Balaban J connectivity index is 2.99. The van der Waals surface area contributed by atoms with E-state index in [9.17, 15) is 4.39 Å². The van der Waals surface area contributed by atoms with Crippen LogP contribution in [0.4, 0.5) is 10.2 Å². The lowest BCUT2D eigenvalue weighted by Crippen LogP contribution is -2.23. The molecule has 0 aliphatic carbocycles. The highest BCUT2D eigenvalue weighted by molar-refractivity contribution is 6.30. The fraction of sp³-hybridized carbons (Fsp3) is 0.455. The van der Waals surface area contributed by atoms with Gasteiger partial charge < -0.3 is 5.32 Å². The van der Waals surface area contributed by atoms with Gasteiger partial charge >= 0.3 is 0 Å². The molecule has 0 spiro atoms. The standard InChI is InChI=1S/C11H13ClFN3/c1-6(2)7(3)15-11-9(13)4-8(5-14)10(12)16-11/h4,6-7H,1-3H3,(H,15,16)/t7-/m1/s1. The summed E-state index contributed by atoms with van der Waals surface area (Å²) >= 11 is 5.72. The highest BCUT2D eigenvalue weighted by Gasteiger charge is 2.14. The third kappa shape index (κ3) is 2.83. The smallest absolute Gasteiger partial charge is 0.166 e. The summed E-state index contributed by atoms with van der Waals surface area (Å²) < 4.78 is 13.5. The second kappa shape index (κ2) is 5.13. The second-order valence-electron chi connectivity index (χ2n) is 3.95. The third-order valence-corrected chi connectivity index (χ3v) is 2.70. The largest absolute Gasteiger partial charge is 0.365 e. The van der Waals surface area contributed by atoms with Crippen LogP contribution >= 0.6 is 11.6 Å². The Morgan fingerprint density at radius 3 is 2.62 bits per heavy atom. The van der Waals surface area contributed by atoms with Gasteiger partial charge in [0.1, 0.15) is 11.2 Å². The molecule has 0 unspecified atom stereocenters. The molecule has 0 aromatic carbocycles. The van der Waals surface area contributed by atoms with Gasteiger partial charge in [0.2, 0.25) is 0 Å². The summed E-state index contributed by atoms with van der Waals surface area (Å²) in [5, 5.41) is 11.6. The molecular weight excluding hydrogens is 229 g/mol. The number of hydrogen-bond acceptors (Lipinski definition) is 3. The van der Waals surface area contributed by atoms with Crippen molar-refractivity contribution in [2.24, 2.45) is 5.92 Å². The molecule has 1 heterocycles. The van der Waals surface area contributed by atoms with Gasteiger partial charge in [-0.3, -0.25) is 0 Å². The highest BCUT2D eigenvalue weighted by Crippen LogP contribution is 2.21. The number of hydrogen-bond donors (Lipinski definition) is 1. The maximum Gasteiger partial charge on any atom is 0.166 e. The van der Waals surface area contributed by atoms with Crippen molar-refractivity contribution in [3.8, 4) is 6.07 Å². The minimum Gasteiger partial charge on any atom is -0.365 e. The van der Waals surface area contributed by atoms with E-state index in [0.29, 0.717) is 5.92 Å². The SMILES string of the molecule is CC(C)[C@@H](C)Nc1nc(Cl)c(C#N)cc1F. The van der Waals surface area contributed by atoms with Gasteiger partial charge in [0.25, 0.3) is 0 Å². The third-order valence-electron chi connectivity index (χ3n) is 2.41. The molecule has 16 heavy (non-hydrogen) atoms. The van der Waals surface area contributed by atoms with Crippen molar-refractivity contribution in [1.29, 1.82) is 5.26 Å². The molecule has 0 radical (unpaired) electrons. The maximum atomic E-state index is 13.5. The van der Waals surface area contributed by atoms with Gasteiger partial charge in [0, 0.05) is 6.04 Å². The summed E-state index contributed by atoms with van der Waals surface area (Å²) in [6.45, 7) is 5.96. The zero-order valence-corrected chi connectivity index (χ0v) is 10.1. The van der Waals surface area contributed by atoms with Gasteiger partial charge in [-0.25, -0.2) is 9.37 Å². The molecule has 3 nitrogen and oxygen atoms in total. The van der Waals surface area contributed by atoms with Crippen molar-refractivity contribution in [2.45, 2.75) is 26.8 Å². The Kier molecular flexibility index (Phi) is 4.08. The number of rotatable bonds is 3. The lowest BCUT2D eigenvalue weighted by Gasteiger charge is -2.18. The number of nitrogens with one attached hydrogen (secondary N) is 1. The first-order chi connectivity index (χ1) is 7.45. The first-order valence-corrected chi connectivity index (χ1v) is 5.36. The van der Waals surface area contributed by atoms with Crippen LogP contribution in [-0.4, -0.2) is 11.0 Å². The van der Waals surface area contributed by atoms with E-state index >= 15 is 0 Å². The first kappa shape index (κ1) is 12.7. The Morgan fingerprint density at radius 1 is 1.50 bits per heavy atom. The van der Waals surface area contributed by atoms with Crippen molar-refractivity contribution < 1.29 is 4.39 Å². The molecule has 0 saturated heterocycles. The summed E-state index contributed by atoms with van der Waals surface area (Å²) in [6, 6.07) is 2.94. The van der Waals surface area contributed by atoms with E-state index in [1.165, 1.54) is 0 Å². The summed E-state index contributed by atoms with van der Waals surface area (Å²) in [6.07, 6.45) is 0. The average molecular weight is 242 g/mol. The lowest BCUT2D eigenvalue weighted by atomic mass is 10.1. The molecule has 5 heteroatoms. The fourth-order valence-electron chi connectivity index (χ4n) is 1.03. The van der Waals surface area contributed by atoms with Crippen LogP contribution in [0.5, 0.6) is 0 Å². The zero-order valence-electron chi connectivity index (χ0n) is 9.38. The van der Waals surface area contributed by atoms with E-state index in [1.54, 1.807) is 6.07 Å². The van der Waals surface area contributed by atoms with Crippen LogP contribution in [0.2, 0.25) is 5.15 Å². The molecule has 0 aliphatic heterocycles. The Morgan fingerprint density at radius 2 is 2.12 bits per heavy atom. The molecule has 1 N–H and O–H groups in total. The number of nitriles is 1. The van der Waals surface area contributed by atoms with Gasteiger partial charge in [0.05, 0.1) is 5.56 Å². The van der Waals surface area contributed by atoms with Crippen molar-refractivity contribution in [3.05, 3.63) is 22.6 Å². The second-order valence-corrected chi connectivity index (χ2v) is 4.30. The average Bonchev–Trinajstić information content (AvgIpc) is 2.22. The van der Waals surface area contributed by atoms with Gasteiger partial charge in [-0.05, 0) is 18.9 Å². The molecule has 0 saturated carbocycles. The Hall–Kier alpha value is -1.34. The predicted octanol–water partition coefficient (Wildman–Crippen LogP) is 3.20. The van der Waals surface area contributed by atoms with Gasteiger partial charge in [-0.2, -0.15) is 5.26 Å². The number of halogens is 2. The quantitative estimate of drug-likeness (QED) is 0.827. The normalized spacial score (nSPS) is 12.3. The molecule has 0 amide bonds. The van der Waals surface area contributed by atoms with Crippen LogP contribution in [0.15, 0.2) is 6.07 Å². The summed E-state index contributed by atoms with van der Waals surface area (Å²) in [7, 11) is 0. The summed E-state index contributed by atoms with van der Waals surface area (Å²) in [5.74, 6) is -0.130. The summed E-state index contributed by atoms with van der Waals surface area (Å²) in [5.41, 5.74) is 0.0434. The number of nitrogens with zero attached hydrogens (tertiary/aromatic N) is 2. The summed E-state index contributed by atoms with van der Waals surface area (Å²) in [4.78, 5) is 3.82. The van der Waals surface area contributed by atoms with Crippen LogP contribution in [0.1, 0.15) is 26.3 Å². The van der Waals surface area contributed by atoms with Crippen LogP contribution < -0.4 is 5.32 Å². The van der Waals surface area contributed by atoms with Crippen molar-refractivity contribution >= 4 is 17.4 Å². The van der Waals surface area contributed by atoms with Gasteiger partial charge in [0.15, 0.2) is 11.6 Å². The Labute approximate surface area is 99.3 Å². The van der Waals surface area contributed by atoms with Crippen LogP contribution in [-0.2, 0) is 0 Å². The molecular formula is C11H13ClFN3. The molecule has 0 bridgehead atoms. The fourth-order valence-corrected chi connectivity index (χ4v) is 1.21. The topological polar surface area (TPSA) is 48.7 Å². The van der Waals surface area contributed by atoms with Crippen LogP contribution in [0, 0.1) is 23.1 Å². The predicted molar refractivity (Wildman–Crippen MR) is 61.8 cm³/mol. The van der Waals surface area contributed by atoms with Crippen LogP contribution in [0.25, 0.3) is 0 Å². The van der Waals surface area contributed by atoms with Crippen molar-refractivity contribution in [3.63, 3.8) is 0 Å². The van der Waals surface area contributed by atoms with E-state index < -0.39 is 5.82 Å². The minimum absolute atomic E-state index is 0.0161. The van der Waals surface area contributed by atoms with E-state index in [2.05, 4.69) is 10.3 Å². The first-order valence-electron chi connectivity index (χ1n) is 4.98. The highest BCUT2D eigenvalue weighted by atomic mass is 35.5. The maximum absolute atomic E-state index is 13.5. The molecule has 0 fully saturated rings. The molecule has 1 aromatic rings. The van der Waals surface area contributed by atoms with Crippen molar-refractivity contribution in [2.75, 3.05) is 5.32 Å².